The average Bonchev–Trinajstić information content (AvgIpc) is 2.46. The van der Waals surface area contributed by atoms with Crippen LogP contribution in [0.25, 0.3) is 10.9 Å². The van der Waals surface area contributed by atoms with E-state index in [4.69, 9.17) is 5.73 Å². The lowest BCUT2D eigenvalue weighted by Crippen LogP contribution is -2.38. The highest BCUT2D eigenvalue weighted by Crippen LogP contribution is 2.16. The Labute approximate surface area is 119 Å². The van der Waals surface area contributed by atoms with E-state index in [1.807, 2.05) is 49.1 Å². The van der Waals surface area contributed by atoms with Crippen molar-refractivity contribution >= 4 is 16.8 Å². The molecular weight excluding hydrogens is 250 g/mol. The van der Waals surface area contributed by atoms with Gasteiger partial charge in [0.1, 0.15) is 0 Å². The summed E-state index contributed by atoms with van der Waals surface area (Å²) in [4.78, 5) is 18.7. The Hall–Kier alpha value is -1.94. The number of nitrogens with zero attached hydrogens (tertiary/aromatic N) is 2. The number of carbonyl (C=O) groups is 1. The van der Waals surface area contributed by atoms with Crippen LogP contribution in [-0.4, -0.2) is 34.9 Å². The van der Waals surface area contributed by atoms with E-state index in [0.717, 1.165) is 17.3 Å². The summed E-state index contributed by atoms with van der Waals surface area (Å²) in [6.45, 7) is 5.34. The molecule has 0 bridgehead atoms. The van der Waals surface area contributed by atoms with Crippen LogP contribution in [0.2, 0.25) is 0 Å². The van der Waals surface area contributed by atoms with E-state index < -0.39 is 0 Å². The first-order chi connectivity index (χ1) is 9.63. The van der Waals surface area contributed by atoms with Crippen LogP contribution in [0.5, 0.6) is 0 Å². The topological polar surface area (TPSA) is 59.2 Å². The molecule has 0 spiro atoms. The first-order valence-corrected chi connectivity index (χ1v) is 6.99. The number of aromatic nitrogens is 1. The molecule has 2 N–H and O–H groups in total. The summed E-state index contributed by atoms with van der Waals surface area (Å²) >= 11 is 0. The zero-order valence-electron chi connectivity index (χ0n) is 12.0. The van der Waals surface area contributed by atoms with Crippen molar-refractivity contribution in [2.75, 3.05) is 13.1 Å². The van der Waals surface area contributed by atoms with Crippen molar-refractivity contribution < 1.29 is 4.79 Å². The highest BCUT2D eigenvalue weighted by Gasteiger charge is 2.18. The average molecular weight is 271 g/mol. The van der Waals surface area contributed by atoms with E-state index in [1.54, 1.807) is 6.20 Å². The number of hydrogen-bond acceptors (Lipinski definition) is 3. The summed E-state index contributed by atoms with van der Waals surface area (Å²) in [7, 11) is 0. The smallest absolute Gasteiger partial charge is 0.254 e. The number of hydrogen-bond donors (Lipinski definition) is 1. The van der Waals surface area contributed by atoms with Crippen LogP contribution >= 0.6 is 0 Å². The maximum atomic E-state index is 12.6. The van der Waals surface area contributed by atoms with E-state index in [-0.39, 0.29) is 11.9 Å². The number of benzene rings is 1. The largest absolute Gasteiger partial charge is 0.336 e. The van der Waals surface area contributed by atoms with Gasteiger partial charge in [-0.05, 0) is 51.1 Å². The third-order valence-electron chi connectivity index (χ3n) is 3.34. The Kier molecular flexibility index (Phi) is 4.69. The van der Waals surface area contributed by atoms with Crippen molar-refractivity contribution in [2.45, 2.75) is 26.3 Å². The summed E-state index contributed by atoms with van der Waals surface area (Å²) in [6, 6.07) is 9.66. The zero-order chi connectivity index (χ0) is 14.5. The van der Waals surface area contributed by atoms with Gasteiger partial charge in [0, 0.05) is 29.7 Å². The van der Waals surface area contributed by atoms with Gasteiger partial charge in [-0.1, -0.05) is 6.07 Å². The molecule has 0 saturated heterocycles. The lowest BCUT2D eigenvalue weighted by atomic mass is 10.1. The van der Waals surface area contributed by atoms with Crippen LogP contribution in [0, 0.1) is 0 Å². The molecule has 0 unspecified atom stereocenters. The lowest BCUT2D eigenvalue weighted by molar-refractivity contribution is 0.0705. The third-order valence-corrected chi connectivity index (χ3v) is 3.34. The van der Waals surface area contributed by atoms with E-state index in [1.165, 1.54) is 0 Å². The predicted octanol–water partition coefficient (Wildman–Crippen LogP) is 2.43. The van der Waals surface area contributed by atoms with Crippen molar-refractivity contribution in [3.8, 4) is 0 Å². The van der Waals surface area contributed by atoms with Crippen LogP contribution in [-0.2, 0) is 0 Å². The van der Waals surface area contributed by atoms with Gasteiger partial charge >= 0.3 is 0 Å². The van der Waals surface area contributed by atoms with Gasteiger partial charge in [-0.3, -0.25) is 9.78 Å². The number of nitrogens with two attached hydrogens (primary N) is 1. The molecular formula is C16H21N3O. The fourth-order valence-corrected chi connectivity index (χ4v) is 2.23. The van der Waals surface area contributed by atoms with Gasteiger partial charge in [-0.2, -0.15) is 0 Å². The molecule has 0 atom stereocenters. The van der Waals surface area contributed by atoms with Crippen molar-refractivity contribution in [3.05, 3.63) is 42.1 Å². The summed E-state index contributed by atoms with van der Waals surface area (Å²) in [6.07, 6.45) is 2.57. The van der Waals surface area contributed by atoms with E-state index >= 15 is 0 Å². The van der Waals surface area contributed by atoms with Gasteiger partial charge in [0.2, 0.25) is 0 Å². The molecule has 1 aromatic carbocycles. The van der Waals surface area contributed by atoms with Gasteiger partial charge in [0.15, 0.2) is 0 Å². The monoisotopic (exact) mass is 271 g/mol. The first kappa shape index (κ1) is 14.5. The molecule has 4 heteroatoms. The molecule has 0 radical (unpaired) electrons. The second-order valence-corrected chi connectivity index (χ2v) is 5.15. The lowest BCUT2D eigenvalue weighted by Gasteiger charge is -2.26. The maximum absolute atomic E-state index is 12.6. The van der Waals surface area contributed by atoms with E-state index in [0.29, 0.717) is 18.7 Å². The Balaban J connectivity index is 2.28. The highest BCUT2D eigenvalue weighted by molar-refractivity contribution is 5.98. The molecule has 0 fully saturated rings. The van der Waals surface area contributed by atoms with Crippen molar-refractivity contribution in [1.82, 2.24) is 9.88 Å². The minimum atomic E-state index is 0.0548. The van der Waals surface area contributed by atoms with Crippen LogP contribution < -0.4 is 5.73 Å². The van der Waals surface area contributed by atoms with Gasteiger partial charge in [-0.25, -0.2) is 0 Å². The van der Waals surface area contributed by atoms with Gasteiger partial charge in [-0.15, -0.1) is 0 Å². The quantitative estimate of drug-likeness (QED) is 0.908. The molecule has 0 saturated carbocycles. The standard InChI is InChI=1S/C16H21N3O/c1-12(2)19(10-4-8-17)16(20)14-6-7-15-13(11-14)5-3-9-18-15/h3,5-7,9,11-12H,4,8,10,17H2,1-2H3. The van der Waals surface area contributed by atoms with E-state index in [2.05, 4.69) is 4.98 Å². The normalized spacial score (nSPS) is 11.0. The Bertz CT molecular complexity index is 595. The minimum absolute atomic E-state index is 0.0548. The number of rotatable bonds is 5. The molecule has 2 rings (SSSR count). The second kappa shape index (κ2) is 6.48. The Morgan fingerprint density at radius 2 is 2.15 bits per heavy atom. The van der Waals surface area contributed by atoms with Crippen LogP contribution in [0.1, 0.15) is 30.6 Å². The Morgan fingerprint density at radius 1 is 1.35 bits per heavy atom. The van der Waals surface area contributed by atoms with Crippen LogP contribution in [0.4, 0.5) is 0 Å². The fourth-order valence-electron chi connectivity index (χ4n) is 2.23. The molecule has 106 valence electrons. The molecule has 1 aromatic heterocycles. The molecule has 1 amide bonds. The molecule has 1 heterocycles. The number of fused-ring (bicyclic) bond motifs is 1. The first-order valence-electron chi connectivity index (χ1n) is 6.99. The van der Waals surface area contributed by atoms with Crippen molar-refractivity contribution in [2.24, 2.45) is 5.73 Å². The van der Waals surface area contributed by atoms with Crippen molar-refractivity contribution in [1.29, 1.82) is 0 Å². The molecule has 0 aliphatic rings. The molecule has 2 aromatic rings. The molecule has 4 nitrogen and oxygen atoms in total. The fraction of sp³-hybridized carbons (Fsp3) is 0.375. The number of carbonyl (C=O) groups excluding carboxylic acids is 1. The molecule has 0 aliphatic heterocycles. The van der Waals surface area contributed by atoms with Crippen molar-refractivity contribution in [3.63, 3.8) is 0 Å². The summed E-state index contributed by atoms with van der Waals surface area (Å²) in [5.41, 5.74) is 7.15. The van der Waals surface area contributed by atoms with Crippen LogP contribution in [0.3, 0.4) is 0 Å². The SMILES string of the molecule is CC(C)N(CCCN)C(=O)c1ccc2ncccc2c1. The van der Waals surface area contributed by atoms with Gasteiger partial charge in [0.05, 0.1) is 5.52 Å². The zero-order valence-corrected chi connectivity index (χ0v) is 12.0. The summed E-state index contributed by atoms with van der Waals surface area (Å²) < 4.78 is 0. The molecule has 0 aliphatic carbocycles. The van der Waals surface area contributed by atoms with Crippen LogP contribution in [0.15, 0.2) is 36.5 Å². The second-order valence-electron chi connectivity index (χ2n) is 5.15. The third kappa shape index (κ3) is 3.14. The minimum Gasteiger partial charge on any atom is -0.336 e. The molecule has 20 heavy (non-hydrogen) atoms. The maximum Gasteiger partial charge on any atom is 0.254 e. The Morgan fingerprint density at radius 3 is 2.85 bits per heavy atom. The predicted molar refractivity (Wildman–Crippen MR) is 81.6 cm³/mol. The summed E-state index contributed by atoms with van der Waals surface area (Å²) in [5, 5.41) is 0.987. The summed E-state index contributed by atoms with van der Waals surface area (Å²) in [5.74, 6) is 0.0548. The van der Waals surface area contributed by atoms with E-state index in [9.17, 15) is 4.79 Å². The number of pyridine rings is 1. The van der Waals surface area contributed by atoms with Gasteiger partial charge in [0.25, 0.3) is 5.91 Å². The number of amides is 1. The highest BCUT2D eigenvalue weighted by atomic mass is 16.2. The van der Waals surface area contributed by atoms with Gasteiger partial charge < -0.3 is 10.6 Å².